The Hall–Kier alpha value is -3.24. The minimum absolute atomic E-state index is 0.135. The molecule has 1 N–H and O–H groups in total. The summed E-state index contributed by atoms with van der Waals surface area (Å²) in [7, 11) is 0. The van der Waals surface area contributed by atoms with Crippen molar-refractivity contribution in [3.05, 3.63) is 86.6 Å². The molecule has 34 heavy (non-hydrogen) atoms. The van der Waals surface area contributed by atoms with Crippen molar-refractivity contribution in [1.82, 2.24) is 5.32 Å². The Labute approximate surface area is 205 Å². The van der Waals surface area contributed by atoms with Crippen LogP contribution in [0.25, 0.3) is 0 Å². The van der Waals surface area contributed by atoms with E-state index in [1.165, 1.54) is 0 Å². The molecule has 0 aromatic heterocycles. The molecule has 2 aromatic carbocycles. The molecule has 3 rings (SSSR count). The maximum absolute atomic E-state index is 12.9. The first kappa shape index (κ1) is 25.4. The third-order valence-corrected chi connectivity index (χ3v) is 5.93. The van der Waals surface area contributed by atoms with Gasteiger partial charge in [0, 0.05) is 15.0 Å². The van der Waals surface area contributed by atoms with Crippen LogP contribution >= 0.6 is 15.9 Å². The van der Waals surface area contributed by atoms with E-state index >= 15 is 0 Å². The second-order valence-corrected chi connectivity index (χ2v) is 8.35. The molecule has 0 aliphatic carbocycles. The van der Waals surface area contributed by atoms with Gasteiger partial charge in [0.1, 0.15) is 17.8 Å². The molecule has 10 heteroatoms. The molecule has 9 nitrogen and oxygen atoms in total. The lowest BCUT2D eigenvalue weighted by Gasteiger charge is -2.21. The van der Waals surface area contributed by atoms with Crippen molar-refractivity contribution in [1.29, 1.82) is 0 Å². The molecule has 1 aliphatic rings. The fourth-order valence-electron chi connectivity index (χ4n) is 4.04. The third-order valence-electron chi connectivity index (χ3n) is 5.40. The number of carbonyl (C=O) groups excluding carboxylic acids is 2. The van der Waals surface area contributed by atoms with Gasteiger partial charge >= 0.3 is 11.9 Å². The minimum atomic E-state index is -1.19. The Morgan fingerprint density at radius 1 is 1.09 bits per heavy atom. The van der Waals surface area contributed by atoms with E-state index in [1.807, 2.05) is 0 Å². The zero-order valence-corrected chi connectivity index (χ0v) is 20.3. The highest BCUT2D eigenvalue weighted by atomic mass is 79.9. The molecular weight excluding hydrogens is 508 g/mol. The van der Waals surface area contributed by atoms with Gasteiger partial charge in [-0.2, -0.15) is 0 Å². The average molecular weight is 533 g/mol. The highest BCUT2D eigenvalue weighted by Crippen LogP contribution is 2.43. The SMILES string of the molecule is CCOC(=O)/C=C/Oc1ccccc1[C@H]1[C@H]([N+](=O)[O-])[C@H](c2ccc(Br)cc2)N[C@@H]1C(=O)OCC. The Morgan fingerprint density at radius 3 is 2.41 bits per heavy atom. The topological polar surface area (TPSA) is 117 Å². The van der Waals surface area contributed by atoms with Crippen molar-refractivity contribution in [3.8, 4) is 5.75 Å². The molecular formula is C24H25BrN2O7. The molecule has 0 bridgehead atoms. The van der Waals surface area contributed by atoms with E-state index in [9.17, 15) is 19.7 Å². The van der Waals surface area contributed by atoms with Crippen molar-refractivity contribution in [2.75, 3.05) is 13.2 Å². The third kappa shape index (κ3) is 5.81. The van der Waals surface area contributed by atoms with Gasteiger partial charge in [-0.25, -0.2) is 4.79 Å². The summed E-state index contributed by atoms with van der Waals surface area (Å²) in [6.07, 6.45) is 2.28. The molecule has 1 saturated heterocycles. The zero-order valence-electron chi connectivity index (χ0n) is 18.7. The Bertz CT molecular complexity index is 1060. The summed E-state index contributed by atoms with van der Waals surface area (Å²) in [6, 6.07) is 10.9. The lowest BCUT2D eigenvalue weighted by molar-refractivity contribution is -0.527. The van der Waals surface area contributed by atoms with E-state index in [0.717, 1.165) is 16.8 Å². The van der Waals surface area contributed by atoms with Crippen LogP contribution in [0.2, 0.25) is 0 Å². The second kappa shape index (κ2) is 11.8. The highest BCUT2D eigenvalue weighted by molar-refractivity contribution is 9.10. The number of halogens is 1. The quantitative estimate of drug-likeness (QED) is 0.170. The highest BCUT2D eigenvalue weighted by Gasteiger charge is 2.55. The van der Waals surface area contributed by atoms with Gasteiger partial charge in [-0.1, -0.05) is 46.3 Å². The van der Waals surface area contributed by atoms with E-state index < -0.39 is 36.0 Å². The summed E-state index contributed by atoms with van der Waals surface area (Å²) >= 11 is 3.37. The van der Waals surface area contributed by atoms with E-state index in [0.29, 0.717) is 11.1 Å². The maximum Gasteiger partial charge on any atom is 0.333 e. The number of nitro groups is 1. The maximum atomic E-state index is 12.9. The molecule has 0 spiro atoms. The lowest BCUT2D eigenvalue weighted by atomic mass is 9.85. The number of nitrogens with one attached hydrogen (secondary N) is 1. The van der Waals surface area contributed by atoms with Crippen LogP contribution < -0.4 is 10.1 Å². The Balaban J connectivity index is 2.03. The monoisotopic (exact) mass is 532 g/mol. The van der Waals surface area contributed by atoms with E-state index in [4.69, 9.17) is 14.2 Å². The van der Waals surface area contributed by atoms with E-state index in [2.05, 4.69) is 21.2 Å². The van der Waals surface area contributed by atoms with Gasteiger partial charge in [0.15, 0.2) is 0 Å². The average Bonchev–Trinajstić information content (AvgIpc) is 3.21. The normalized spacial score (nSPS) is 21.9. The molecule has 180 valence electrons. The second-order valence-electron chi connectivity index (χ2n) is 7.44. The van der Waals surface area contributed by atoms with Crippen LogP contribution in [0.3, 0.4) is 0 Å². The molecule has 1 fully saturated rings. The first-order chi connectivity index (χ1) is 16.4. The number of esters is 2. The molecule has 1 heterocycles. The standard InChI is InChI=1S/C24H25BrN2O7/c1-3-32-19(28)13-14-34-18-8-6-5-7-17(18)20-22(24(29)33-4-2)26-21(23(20)27(30)31)15-9-11-16(25)12-10-15/h5-14,20-23,26H,3-4H2,1-2H3/b14-13+/t20-,21+,22+,23+/m1/s1. The number of hydrogen-bond acceptors (Lipinski definition) is 8. The van der Waals surface area contributed by atoms with Crippen molar-refractivity contribution >= 4 is 27.9 Å². The summed E-state index contributed by atoms with van der Waals surface area (Å²) in [5.41, 5.74) is 1.12. The van der Waals surface area contributed by atoms with Crippen LogP contribution in [0, 0.1) is 10.1 Å². The van der Waals surface area contributed by atoms with Crippen LogP contribution in [0.4, 0.5) is 0 Å². The van der Waals surface area contributed by atoms with Crippen LogP contribution in [-0.4, -0.2) is 42.2 Å². The van der Waals surface area contributed by atoms with E-state index in [-0.39, 0.29) is 23.9 Å². The van der Waals surface area contributed by atoms with Gasteiger partial charge in [-0.05, 0) is 37.6 Å². The Kier molecular flexibility index (Phi) is 8.78. The lowest BCUT2D eigenvalue weighted by Crippen LogP contribution is -2.37. The summed E-state index contributed by atoms with van der Waals surface area (Å²) < 4.78 is 16.6. The van der Waals surface area contributed by atoms with E-state index in [1.54, 1.807) is 62.4 Å². The number of ether oxygens (including phenoxy) is 3. The minimum Gasteiger partial charge on any atom is -0.465 e. The number of benzene rings is 2. The number of carbonyl (C=O) groups is 2. The van der Waals surface area contributed by atoms with Crippen molar-refractivity contribution < 1.29 is 28.7 Å². The molecule has 4 atom stereocenters. The van der Waals surface area contributed by atoms with Crippen LogP contribution in [0.5, 0.6) is 5.75 Å². The van der Waals surface area contributed by atoms with Gasteiger partial charge in [-0.15, -0.1) is 0 Å². The molecule has 2 aromatic rings. The predicted octanol–water partition coefficient (Wildman–Crippen LogP) is 3.91. The van der Waals surface area contributed by atoms with Gasteiger partial charge in [-0.3, -0.25) is 20.2 Å². The summed E-state index contributed by atoms with van der Waals surface area (Å²) in [4.78, 5) is 36.4. The number of para-hydroxylation sites is 1. The number of nitrogens with zero attached hydrogens (tertiary/aromatic N) is 1. The van der Waals surface area contributed by atoms with Gasteiger partial charge in [0.2, 0.25) is 6.04 Å². The van der Waals surface area contributed by atoms with Gasteiger partial charge < -0.3 is 14.2 Å². The summed E-state index contributed by atoms with van der Waals surface area (Å²) in [5.74, 6) is -1.77. The Morgan fingerprint density at radius 2 is 1.76 bits per heavy atom. The van der Waals surface area contributed by atoms with Crippen molar-refractivity contribution in [3.63, 3.8) is 0 Å². The predicted molar refractivity (Wildman–Crippen MR) is 127 cm³/mol. The summed E-state index contributed by atoms with van der Waals surface area (Å²) in [6.45, 7) is 3.72. The molecule has 0 saturated carbocycles. The molecule has 0 radical (unpaired) electrons. The van der Waals surface area contributed by atoms with Crippen molar-refractivity contribution in [2.45, 2.75) is 37.9 Å². The molecule has 1 aliphatic heterocycles. The van der Waals surface area contributed by atoms with Crippen LogP contribution in [-0.2, 0) is 19.1 Å². The van der Waals surface area contributed by atoms with Crippen LogP contribution in [0.1, 0.15) is 36.9 Å². The fraction of sp³-hybridized carbons (Fsp3) is 0.333. The number of rotatable bonds is 9. The largest absolute Gasteiger partial charge is 0.465 e. The first-order valence-corrected chi connectivity index (χ1v) is 11.6. The van der Waals surface area contributed by atoms with Crippen LogP contribution in [0.15, 0.2) is 65.3 Å². The molecule has 0 amide bonds. The smallest absolute Gasteiger partial charge is 0.333 e. The summed E-state index contributed by atoms with van der Waals surface area (Å²) in [5, 5.41) is 15.5. The molecule has 0 unspecified atom stereocenters. The first-order valence-electron chi connectivity index (χ1n) is 10.8. The van der Waals surface area contributed by atoms with Gasteiger partial charge in [0.05, 0.1) is 31.5 Å². The number of hydrogen-bond donors (Lipinski definition) is 1. The fourth-order valence-corrected chi connectivity index (χ4v) is 4.31. The van der Waals surface area contributed by atoms with Crippen molar-refractivity contribution in [2.24, 2.45) is 0 Å². The van der Waals surface area contributed by atoms with Gasteiger partial charge in [0.25, 0.3) is 0 Å². The zero-order chi connectivity index (χ0) is 24.7.